The molecule has 1 aliphatic rings. The summed E-state index contributed by atoms with van der Waals surface area (Å²) in [4.78, 5) is 14.5. The molecule has 1 aromatic rings. The van der Waals surface area contributed by atoms with Gasteiger partial charge in [-0.25, -0.2) is 0 Å². The van der Waals surface area contributed by atoms with Gasteiger partial charge in [0.2, 0.25) is 0 Å². The molecular formula is C15H22BrClN2O2. The van der Waals surface area contributed by atoms with Crippen molar-refractivity contribution in [2.24, 2.45) is 0 Å². The van der Waals surface area contributed by atoms with E-state index in [0.717, 1.165) is 42.8 Å². The second kappa shape index (κ2) is 8.61. The van der Waals surface area contributed by atoms with Crippen LogP contribution in [0.1, 0.15) is 30.6 Å². The fourth-order valence-corrected chi connectivity index (χ4v) is 2.73. The highest BCUT2D eigenvalue weighted by Crippen LogP contribution is 2.23. The summed E-state index contributed by atoms with van der Waals surface area (Å²) in [5.74, 6) is 0.800. The molecule has 1 N–H and O–H groups in total. The summed E-state index contributed by atoms with van der Waals surface area (Å²) in [7, 11) is 0. The van der Waals surface area contributed by atoms with Crippen LogP contribution in [0.2, 0.25) is 0 Å². The van der Waals surface area contributed by atoms with E-state index in [0.29, 0.717) is 5.56 Å². The molecule has 0 saturated carbocycles. The molecule has 0 radical (unpaired) electrons. The zero-order valence-corrected chi connectivity index (χ0v) is 14.8. The van der Waals surface area contributed by atoms with Gasteiger partial charge in [0, 0.05) is 29.7 Å². The molecule has 1 aromatic carbocycles. The SMILES string of the molecule is CC(C)Oc1cc(Br)cc(C(=O)N2CCCNCC2)c1.Cl. The van der Waals surface area contributed by atoms with Crippen molar-refractivity contribution >= 4 is 34.2 Å². The largest absolute Gasteiger partial charge is 0.491 e. The number of ether oxygens (including phenoxy) is 1. The third kappa shape index (κ3) is 5.49. The Morgan fingerprint density at radius 2 is 2.05 bits per heavy atom. The highest BCUT2D eigenvalue weighted by molar-refractivity contribution is 9.10. The van der Waals surface area contributed by atoms with Crippen LogP contribution in [0.3, 0.4) is 0 Å². The Morgan fingerprint density at radius 3 is 2.76 bits per heavy atom. The fraction of sp³-hybridized carbons (Fsp3) is 0.533. The van der Waals surface area contributed by atoms with Gasteiger partial charge in [0.15, 0.2) is 0 Å². The Morgan fingerprint density at radius 1 is 1.29 bits per heavy atom. The summed E-state index contributed by atoms with van der Waals surface area (Å²) < 4.78 is 6.55. The van der Waals surface area contributed by atoms with Crippen molar-refractivity contribution in [1.29, 1.82) is 0 Å². The van der Waals surface area contributed by atoms with E-state index < -0.39 is 0 Å². The molecule has 4 nitrogen and oxygen atoms in total. The molecule has 21 heavy (non-hydrogen) atoms. The van der Waals surface area contributed by atoms with E-state index in [9.17, 15) is 4.79 Å². The first-order valence-corrected chi connectivity index (χ1v) is 7.83. The van der Waals surface area contributed by atoms with Gasteiger partial charge in [0.1, 0.15) is 5.75 Å². The van der Waals surface area contributed by atoms with Crippen molar-refractivity contribution in [2.45, 2.75) is 26.4 Å². The standard InChI is InChI=1S/C15H21BrN2O2.ClH/c1-11(2)20-14-9-12(8-13(16)10-14)15(19)18-6-3-4-17-5-7-18;/h8-11,17H,3-7H2,1-2H3;1H. The Labute approximate surface area is 140 Å². The number of carbonyl (C=O) groups is 1. The summed E-state index contributed by atoms with van der Waals surface area (Å²) in [6, 6.07) is 5.57. The molecule has 1 aliphatic heterocycles. The highest BCUT2D eigenvalue weighted by Gasteiger charge is 2.18. The maximum absolute atomic E-state index is 12.6. The first-order valence-electron chi connectivity index (χ1n) is 7.03. The molecule has 0 aliphatic carbocycles. The van der Waals surface area contributed by atoms with E-state index in [1.54, 1.807) is 0 Å². The molecule has 118 valence electrons. The maximum atomic E-state index is 12.6. The predicted molar refractivity (Wildman–Crippen MR) is 90.5 cm³/mol. The van der Waals surface area contributed by atoms with Crippen LogP contribution in [0, 0.1) is 0 Å². The van der Waals surface area contributed by atoms with E-state index >= 15 is 0 Å². The first-order chi connectivity index (χ1) is 9.56. The van der Waals surface area contributed by atoms with Crippen LogP contribution in [-0.2, 0) is 0 Å². The minimum atomic E-state index is 0. The van der Waals surface area contributed by atoms with Crippen LogP contribution >= 0.6 is 28.3 Å². The monoisotopic (exact) mass is 376 g/mol. The number of hydrogen-bond acceptors (Lipinski definition) is 3. The Balaban J connectivity index is 0.00000220. The number of benzene rings is 1. The number of amides is 1. The smallest absolute Gasteiger partial charge is 0.254 e. The molecule has 1 fully saturated rings. The number of halogens is 2. The van der Waals surface area contributed by atoms with Crippen molar-refractivity contribution in [2.75, 3.05) is 26.2 Å². The third-order valence-corrected chi connectivity index (χ3v) is 3.58. The van der Waals surface area contributed by atoms with Gasteiger partial charge in [0.25, 0.3) is 5.91 Å². The van der Waals surface area contributed by atoms with Crippen LogP contribution in [0.4, 0.5) is 0 Å². The molecule has 1 amide bonds. The molecule has 0 aromatic heterocycles. The summed E-state index contributed by atoms with van der Waals surface area (Å²) in [5.41, 5.74) is 0.678. The molecule has 0 bridgehead atoms. The lowest BCUT2D eigenvalue weighted by Gasteiger charge is -2.20. The molecule has 2 rings (SSSR count). The second-order valence-corrected chi connectivity index (χ2v) is 6.15. The number of rotatable bonds is 3. The van der Waals surface area contributed by atoms with Gasteiger partial charge in [-0.2, -0.15) is 0 Å². The fourth-order valence-electron chi connectivity index (χ4n) is 2.26. The zero-order valence-electron chi connectivity index (χ0n) is 12.4. The highest BCUT2D eigenvalue weighted by atomic mass is 79.9. The van der Waals surface area contributed by atoms with Crippen LogP contribution < -0.4 is 10.1 Å². The van der Waals surface area contributed by atoms with Crippen LogP contribution in [0.15, 0.2) is 22.7 Å². The molecule has 1 saturated heterocycles. The van der Waals surface area contributed by atoms with Gasteiger partial charge in [-0.15, -0.1) is 12.4 Å². The van der Waals surface area contributed by atoms with Crippen LogP contribution in [0.5, 0.6) is 5.75 Å². The minimum absolute atomic E-state index is 0. The van der Waals surface area contributed by atoms with Crippen molar-refractivity contribution in [1.82, 2.24) is 10.2 Å². The molecule has 0 spiro atoms. The van der Waals surface area contributed by atoms with E-state index in [1.165, 1.54) is 0 Å². The lowest BCUT2D eigenvalue weighted by Crippen LogP contribution is -2.34. The summed E-state index contributed by atoms with van der Waals surface area (Å²) in [6.07, 6.45) is 1.09. The van der Waals surface area contributed by atoms with Gasteiger partial charge >= 0.3 is 0 Å². The molecule has 0 atom stereocenters. The summed E-state index contributed by atoms with van der Waals surface area (Å²) in [5, 5.41) is 3.30. The Kier molecular flexibility index (Phi) is 7.49. The number of nitrogens with one attached hydrogen (secondary N) is 1. The Hall–Kier alpha value is -0.780. The summed E-state index contributed by atoms with van der Waals surface area (Å²) >= 11 is 3.45. The van der Waals surface area contributed by atoms with Gasteiger partial charge in [-0.1, -0.05) is 15.9 Å². The quantitative estimate of drug-likeness (QED) is 0.880. The van der Waals surface area contributed by atoms with Crippen LogP contribution in [-0.4, -0.2) is 43.1 Å². The predicted octanol–water partition coefficient (Wildman–Crippen LogP) is 3.09. The lowest BCUT2D eigenvalue weighted by molar-refractivity contribution is 0.0765. The van der Waals surface area contributed by atoms with E-state index in [1.807, 2.05) is 36.9 Å². The molecule has 1 heterocycles. The lowest BCUT2D eigenvalue weighted by atomic mass is 10.2. The zero-order chi connectivity index (χ0) is 14.5. The maximum Gasteiger partial charge on any atom is 0.254 e. The van der Waals surface area contributed by atoms with E-state index in [-0.39, 0.29) is 24.4 Å². The average molecular weight is 378 g/mol. The van der Waals surface area contributed by atoms with Crippen molar-refractivity contribution in [3.05, 3.63) is 28.2 Å². The van der Waals surface area contributed by atoms with Gasteiger partial charge in [0.05, 0.1) is 6.10 Å². The Bertz CT molecular complexity index is 475. The van der Waals surface area contributed by atoms with E-state index in [2.05, 4.69) is 21.2 Å². The van der Waals surface area contributed by atoms with Crippen molar-refractivity contribution in [3.63, 3.8) is 0 Å². The third-order valence-electron chi connectivity index (χ3n) is 3.12. The first kappa shape index (κ1) is 18.3. The van der Waals surface area contributed by atoms with Crippen LogP contribution in [0.25, 0.3) is 0 Å². The molecular weight excluding hydrogens is 356 g/mol. The topological polar surface area (TPSA) is 41.6 Å². The number of carbonyl (C=O) groups excluding carboxylic acids is 1. The minimum Gasteiger partial charge on any atom is -0.491 e. The normalized spacial score (nSPS) is 15.3. The molecule has 6 heteroatoms. The van der Waals surface area contributed by atoms with Gasteiger partial charge in [-0.3, -0.25) is 4.79 Å². The van der Waals surface area contributed by atoms with E-state index in [4.69, 9.17) is 4.74 Å². The van der Waals surface area contributed by atoms with Gasteiger partial charge < -0.3 is 15.0 Å². The molecule has 0 unspecified atom stereocenters. The average Bonchev–Trinajstić information content (AvgIpc) is 2.65. The summed E-state index contributed by atoms with van der Waals surface area (Å²) in [6.45, 7) is 7.34. The number of hydrogen-bond donors (Lipinski definition) is 1. The van der Waals surface area contributed by atoms with Gasteiger partial charge in [-0.05, 0) is 45.0 Å². The number of nitrogens with zero attached hydrogens (tertiary/aromatic N) is 1. The van der Waals surface area contributed by atoms with Crippen molar-refractivity contribution < 1.29 is 9.53 Å². The second-order valence-electron chi connectivity index (χ2n) is 5.24. The van der Waals surface area contributed by atoms with Crippen molar-refractivity contribution in [3.8, 4) is 5.75 Å².